The van der Waals surface area contributed by atoms with E-state index in [0.717, 1.165) is 38.5 Å². The minimum atomic E-state index is -1.10. The molecule has 2 aliphatic heterocycles. The fourth-order valence-electron chi connectivity index (χ4n) is 10.1. The zero-order valence-electron chi connectivity index (χ0n) is 33.7. The smallest absolute Gasteiger partial charge is 0.315 e. The molecule has 5 atom stereocenters. The van der Waals surface area contributed by atoms with Crippen LogP contribution >= 0.6 is 0 Å². The third kappa shape index (κ3) is 7.34. The summed E-state index contributed by atoms with van der Waals surface area (Å²) in [6.45, 7) is 19.8. The van der Waals surface area contributed by atoms with Crippen LogP contribution < -0.4 is 21.7 Å². The zero-order valence-corrected chi connectivity index (χ0v) is 33.7. The predicted molar refractivity (Wildman–Crippen MR) is 199 cm³/mol. The maximum Gasteiger partial charge on any atom is 0.315 e. The topological polar surface area (TPSA) is 188 Å². The first-order valence-electron chi connectivity index (χ1n) is 19.6. The van der Waals surface area contributed by atoms with E-state index in [1.54, 1.807) is 4.90 Å². The summed E-state index contributed by atoms with van der Waals surface area (Å²) in [7, 11) is 0. The number of primary amides is 1. The van der Waals surface area contributed by atoms with Crippen molar-refractivity contribution in [3.63, 3.8) is 0 Å². The van der Waals surface area contributed by atoms with Crippen molar-refractivity contribution in [3.8, 4) is 0 Å². The summed E-state index contributed by atoms with van der Waals surface area (Å²) in [6, 6.07) is -4.28. The van der Waals surface area contributed by atoms with E-state index in [1.165, 1.54) is 4.90 Å². The van der Waals surface area contributed by atoms with E-state index in [2.05, 4.69) is 29.8 Å². The molecule has 5 fully saturated rings. The molecule has 2 saturated heterocycles. The minimum Gasteiger partial charge on any atom is -0.363 e. The fourth-order valence-corrected chi connectivity index (χ4v) is 10.1. The molecule has 0 radical (unpaired) electrons. The van der Waals surface area contributed by atoms with Crippen molar-refractivity contribution in [1.82, 2.24) is 25.8 Å². The highest BCUT2D eigenvalue weighted by Crippen LogP contribution is 2.88. The van der Waals surface area contributed by atoms with Crippen molar-refractivity contribution < 1.29 is 33.6 Å². The lowest BCUT2D eigenvalue weighted by atomic mass is 9.73. The van der Waals surface area contributed by atoms with Gasteiger partial charge in [-0.3, -0.25) is 33.7 Å². The summed E-state index contributed by atoms with van der Waals surface area (Å²) < 4.78 is 0. The van der Waals surface area contributed by atoms with Crippen LogP contribution in [0.4, 0.5) is 4.79 Å². The van der Waals surface area contributed by atoms with Crippen LogP contribution in [-0.2, 0) is 28.8 Å². The van der Waals surface area contributed by atoms with Crippen LogP contribution in [0.5, 0.6) is 0 Å². The molecule has 0 aromatic heterocycles. The van der Waals surface area contributed by atoms with Gasteiger partial charge in [-0.25, -0.2) is 4.79 Å². The van der Waals surface area contributed by atoms with E-state index in [9.17, 15) is 33.6 Å². The van der Waals surface area contributed by atoms with Gasteiger partial charge in [-0.15, -0.1) is 0 Å². The summed E-state index contributed by atoms with van der Waals surface area (Å²) >= 11 is 0. The van der Waals surface area contributed by atoms with Gasteiger partial charge in [0.05, 0.1) is 12.1 Å². The van der Waals surface area contributed by atoms with Crippen LogP contribution in [0.3, 0.4) is 0 Å². The predicted octanol–water partition coefficient (Wildman–Crippen LogP) is 3.82. The van der Waals surface area contributed by atoms with Gasteiger partial charge in [0.1, 0.15) is 12.1 Å². The summed E-state index contributed by atoms with van der Waals surface area (Å²) in [6.07, 6.45) is 7.15. The number of imide groups is 1. The molecule has 5 N–H and O–H groups in total. The zero-order chi connectivity index (χ0) is 39.7. The summed E-state index contributed by atoms with van der Waals surface area (Å²) in [5.74, 6) is -3.19. The second-order valence-electron chi connectivity index (χ2n) is 20.4. The maximum atomic E-state index is 14.9. The Balaban J connectivity index is 1.38. The second kappa shape index (κ2) is 13.7. The van der Waals surface area contributed by atoms with Gasteiger partial charge in [-0.1, -0.05) is 94.9 Å². The Labute approximate surface area is 315 Å². The number of fused-ring (bicyclic) bond motifs is 1. The lowest BCUT2D eigenvalue weighted by molar-refractivity contribution is -0.153. The highest BCUT2D eigenvalue weighted by Gasteiger charge is 2.85. The maximum absolute atomic E-state index is 14.9. The molecule has 2 heterocycles. The molecule has 3 aliphatic carbocycles. The highest BCUT2D eigenvalue weighted by molar-refractivity contribution is 6.37. The quantitative estimate of drug-likeness (QED) is 0.183. The molecule has 0 aromatic carbocycles. The number of nitrogens with two attached hydrogens (primary N) is 1. The molecule has 5 aliphatic rings. The molecule has 0 bridgehead atoms. The van der Waals surface area contributed by atoms with Crippen molar-refractivity contribution in [1.29, 1.82) is 0 Å². The van der Waals surface area contributed by atoms with E-state index in [-0.39, 0.29) is 53.4 Å². The number of rotatable bonds is 11. The largest absolute Gasteiger partial charge is 0.363 e. The molecule has 13 heteroatoms. The summed E-state index contributed by atoms with van der Waals surface area (Å²) in [5, 5.41) is 8.75. The molecule has 7 amide bonds. The lowest BCUT2D eigenvalue weighted by Crippen LogP contribution is -2.62. The monoisotopic (exact) mass is 740 g/mol. The molecule has 2 unspecified atom stereocenters. The number of nitrogens with zero attached hydrogens (tertiary/aromatic N) is 2. The molecule has 296 valence electrons. The summed E-state index contributed by atoms with van der Waals surface area (Å²) in [4.78, 5) is 96.9. The van der Waals surface area contributed by atoms with E-state index >= 15 is 0 Å². The van der Waals surface area contributed by atoms with Crippen molar-refractivity contribution >= 4 is 41.4 Å². The number of piperidine rings is 1. The number of carbonyl (C=O) groups is 7. The third-order valence-electron chi connectivity index (χ3n) is 14.0. The first-order chi connectivity index (χ1) is 24.3. The number of carbonyl (C=O) groups excluding carboxylic acids is 7. The Morgan fingerprint density at radius 2 is 1.42 bits per heavy atom. The number of hydrogen-bond acceptors (Lipinski definition) is 7. The van der Waals surface area contributed by atoms with Crippen LogP contribution in [-0.4, -0.2) is 88.4 Å². The minimum absolute atomic E-state index is 0.00109. The van der Waals surface area contributed by atoms with Gasteiger partial charge in [-0.05, 0) is 58.7 Å². The van der Waals surface area contributed by atoms with E-state index < -0.39 is 69.9 Å². The molecule has 53 heavy (non-hydrogen) atoms. The van der Waals surface area contributed by atoms with Crippen molar-refractivity contribution in [2.75, 3.05) is 13.1 Å². The van der Waals surface area contributed by atoms with E-state index in [1.807, 2.05) is 55.4 Å². The van der Waals surface area contributed by atoms with Gasteiger partial charge >= 0.3 is 6.03 Å². The van der Waals surface area contributed by atoms with Gasteiger partial charge in [0.25, 0.3) is 5.91 Å². The van der Waals surface area contributed by atoms with Gasteiger partial charge in [0, 0.05) is 31.3 Å². The number of nitrogens with one attached hydrogen (secondary N) is 3. The highest BCUT2D eigenvalue weighted by atomic mass is 16.2. The number of urea groups is 1. The van der Waals surface area contributed by atoms with E-state index in [0.29, 0.717) is 19.4 Å². The van der Waals surface area contributed by atoms with E-state index in [4.69, 9.17) is 5.73 Å². The number of likely N-dealkylation sites (tertiary alicyclic amines) is 2. The average molecular weight is 741 g/mol. The summed E-state index contributed by atoms with van der Waals surface area (Å²) in [5.41, 5.74) is 3.21. The third-order valence-corrected chi connectivity index (χ3v) is 14.0. The molecule has 13 nitrogen and oxygen atoms in total. The standard InChI is InChI=1S/C40H64N6O7/c1-35(2,3)26(21-45-27(47)19-37(7,8)20-28(45)48)43-34(53)44-30(36(4,5)6)33(52)46-22-40(38(9,10)39(40)15-12-16-39)18-25(46)32(51)42-24(29(49)31(41)50)17-23-13-11-14-23/h23-26,30H,11-22H2,1-10H3,(H2,41,50)(H,42,51)(H2,43,44,53)/t24?,25-,26+,30+,40?/m0/s1. The normalized spacial score (nSPS) is 27.7. The van der Waals surface area contributed by atoms with Gasteiger partial charge < -0.3 is 26.6 Å². The molecular formula is C40H64N6O7. The number of amides is 7. The Morgan fingerprint density at radius 1 is 0.830 bits per heavy atom. The van der Waals surface area contributed by atoms with Crippen LogP contribution in [0.2, 0.25) is 0 Å². The first kappa shape index (κ1) is 40.7. The fraction of sp³-hybridized carbons (Fsp3) is 0.825. The van der Waals surface area contributed by atoms with Crippen molar-refractivity contribution in [2.24, 2.45) is 44.1 Å². The lowest BCUT2D eigenvalue weighted by Gasteiger charge is -2.40. The molecule has 3 saturated carbocycles. The van der Waals surface area contributed by atoms with Crippen molar-refractivity contribution in [2.45, 2.75) is 158 Å². The average Bonchev–Trinajstić information content (AvgIpc) is 3.18. The van der Waals surface area contributed by atoms with Gasteiger partial charge in [0.2, 0.25) is 29.4 Å². The van der Waals surface area contributed by atoms with Crippen LogP contribution in [0.15, 0.2) is 0 Å². The van der Waals surface area contributed by atoms with Crippen LogP contribution in [0.25, 0.3) is 0 Å². The Hall–Kier alpha value is -3.51. The first-order valence-corrected chi connectivity index (χ1v) is 19.6. The van der Waals surface area contributed by atoms with Crippen LogP contribution in [0.1, 0.15) is 133 Å². The SMILES string of the molecule is CC1(C)CC(=O)N(C[C@@H](NC(=O)N[C@H](C(=O)N2CC3(C[C@H]2C(=O)NC(CC2CCC2)C(=O)C(N)=O)C(C)(C)C32CCC2)C(C)(C)C)C(C)(C)C)C(=O)C1. The van der Waals surface area contributed by atoms with Crippen molar-refractivity contribution in [3.05, 3.63) is 0 Å². The Bertz CT molecular complexity index is 1530. The van der Waals surface area contributed by atoms with Gasteiger partial charge in [0.15, 0.2) is 0 Å². The molecule has 0 aromatic rings. The second-order valence-corrected chi connectivity index (χ2v) is 20.4. The molecule has 5 rings (SSSR count). The van der Waals surface area contributed by atoms with Crippen LogP contribution in [0, 0.1) is 38.4 Å². The molecule has 2 spiro atoms. The number of hydrogen-bond donors (Lipinski definition) is 4. The number of Topliss-reactive ketones (excluding diaryl/α,β-unsaturated/α-hetero) is 1. The van der Waals surface area contributed by atoms with Gasteiger partial charge in [-0.2, -0.15) is 0 Å². The Morgan fingerprint density at radius 3 is 1.85 bits per heavy atom. The Kier molecular flexibility index (Phi) is 10.5. The molecular weight excluding hydrogens is 676 g/mol. The number of ketones is 1.